The molecule has 4 N–H and O–H groups in total. The maximum atomic E-state index is 13.4. The van der Waals surface area contributed by atoms with E-state index in [1.54, 1.807) is 6.07 Å². The van der Waals surface area contributed by atoms with Gasteiger partial charge >= 0.3 is 11.9 Å². The molecule has 0 saturated heterocycles. The lowest BCUT2D eigenvalue weighted by molar-refractivity contribution is -0.142. The van der Waals surface area contributed by atoms with Gasteiger partial charge in [-0.2, -0.15) is 0 Å². The third-order valence-corrected chi connectivity index (χ3v) is 4.28. The fraction of sp³-hybridized carbons (Fsp3) is 0.238. The van der Waals surface area contributed by atoms with Crippen molar-refractivity contribution in [1.29, 1.82) is 0 Å². The molecule has 30 heavy (non-hydrogen) atoms. The minimum absolute atomic E-state index is 0.0250. The molecule has 9 heteroatoms. The Labute approximate surface area is 171 Å². The molecule has 0 aromatic heterocycles. The largest absolute Gasteiger partial charge is 0.480 e. The molecule has 0 aliphatic heterocycles. The molecule has 2 rings (SSSR count). The fourth-order valence-corrected chi connectivity index (χ4v) is 2.85. The van der Waals surface area contributed by atoms with Crippen molar-refractivity contribution in [3.05, 3.63) is 71.0 Å². The number of hydrogen-bond acceptors (Lipinski definition) is 4. The average Bonchev–Trinajstić information content (AvgIpc) is 2.67. The number of carboxylic acids is 2. The maximum Gasteiger partial charge on any atom is 0.335 e. The molecule has 0 spiro atoms. The van der Waals surface area contributed by atoms with Crippen molar-refractivity contribution >= 4 is 23.8 Å². The smallest absolute Gasteiger partial charge is 0.335 e. The van der Waals surface area contributed by atoms with E-state index in [1.807, 2.05) is 0 Å². The van der Waals surface area contributed by atoms with Crippen LogP contribution in [-0.4, -0.2) is 46.0 Å². The molecular formula is C21H21FN2O6. The van der Waals surface area contributed by atoms with Crippen molar-refractivity contribution in [3.63, 3.8) is 0 Å². The Balaban J connectivity index is 2.13. The second-order valence-corrected chi connectivity index (χ2v) is 6.69. The van der Waals surface area contributed by atoms with Crippen LogP contribution in [0.1, 0.15) is 28.4 Å². The minimum atomic E-state index is -1.31. The van der Waals surface area contributed by atoms with Crippen LogP contribution in [0, 0.1) is 5.82 Å². The van der Waals surface area contributed by atoms with E-state index in [-0.39, 0.29) is 18.4 Å². The summed E-state index contributed by atoms with van der Waals surface area (Å²) in [5.41, 5.74) is 1.02. The Morgan fingerprint density at radius 3 is 2.07 bits per heavy atom. The molecule has 0 aliphatic rings. The molecule has 0 radical (unpaired) electrons. The van der Waals surface area contributed by atoms with Crippen molar-refractivity contribution in [1.82, 2.24) is 10.6 Å². The van der Waals surface area contributed by atoms with Gasteiger partial charge in [-0.25, -0.2) is 14.0 Å². The van der Waals surface area contributed by atoms with Crippen molar-refractivity contribution < 1.29 is 33.8 Å². The quantitative estimate of drug-likeness (QED) is 0.488. The predicted molar refractivity (Wildman–Crippen MR) is 104 cm³/mol. The van der Waals surface area contributed by atoms with Crippen LogP contribution >= 0.6 is 0 Å². The lowest BCUT2D eigenvalue weighted by Gasteiger charge is -2.21. The van der Waals surface area contributed by atoms with E-state index in [0.717, 1.165) is 0 Å². The molecule has 0 heterocycles. The maximum absolute atomic E-state index is 13.4. The molecule has 0 fully saturated rings. The van der Waals surface area contributed by atoms with Crippen molar-refractivity contribution in [2.24, 2.45) is 0 Å². The third-order valence-electron chi connectivity index (χ3n) is 4.28. The molecule has 2 atom stereocenters. The lowest BCUT2D eigenvalue weighted by Crippen LogP contribution is -2.52. The van der Waals surface area contributed by atoms with Gasteiger partial charge in [-0.05, 0) is 35.4 Å². The van der Waals surface area contributed by atoms with Crippen molar-refractivity contribution in [3.8, 4) is 0 Å². The highest BCUT2D eigenvalue weighted by molar-refractivity contribution is 5.90. The van der Waals surface area contributed by atoms with E-state index >= 15 is 0 Å². The van der Waals surface area contributed by atoms with Crippen LogP contribution in [0.15, 0.2) is 48.5 Å². The Hall–Kier alpha value is -3.75. The van der Waals surface area contributed by atoms with E-state index in [0.29, 0.717) is 11.1 Å². The summed E-state index contributed by atoms with van der Waals surface area (Å²) in [5.74, 6) is -4.13. The molecule has 0 saturated carbocycles. The summed E-state index contributed by atoms with van der Waals surface area (Å²) in [5, 5.41) is 23.2. The highest BCUT2D eigenvalue weighted by Crippen LogP contribution is 2.10. The van der Waals surface area contributed by atoms with Crippen LogP contribution in [0.3, 0.4) is 0 Å². The monoisotopic (exact) mass is 416 g/mol. The van der Waals surface area contributed by atoms with Gasteiger partial charge in [0.1, 0.15) is 17.9 Å². The van der Waals surface area contributed by atoms with Crippen LogP contribution in [0.25, 0.3) is 0 Å². The van der Waals surface area contributed by atoms with Gasteiger partial charge in [-0.15, -0.1) is 0 Å². The average molecular weight is 416 g/mol. The van der Waals surface area contributed by atoms with Crippen LogP contribution < -0.4 is 10.6 Å². The van der Waals surface area contributed by atoms with E-state index in [1.165, 1.54) is 49.4 Å². The molecule has 2 amide bonds. The predicted octanol–water partition coefficient (Wildman–Crippen LogP) is 1.38. The second-order valence-electron chi connectivity index (χ2n) is 6.69. The molecule has 8 nitrogen and oxygen atoms in total. The van der Waals surface area contributed by atoms with Gasteiger partial charge in [0.25, 0.3) is 0 Å². The van der Waals surface area contributed by atoms with E-state index in [4.69, 9.17) is 5.11 Å². The van der Waals surface area contributed by atoms with Crippen molar-refractivity contribution in [2.75, 3.05) is 0 Å². The molecule has 0 aliphatic carbocycles. The number of nitrogens with one attached hydrogen (secondary N) is 2. The number of rotatable bonds is 9. The van der Waals surface area contributed by atoms with Gasteiger partial charge in [0.05, 0.1) is 5.56 Å². The fourth-order valence-electron chi connectivity index (χ4n) is 2.85. The zero-order valence-corrected chi connectivity index (χ0v) is 16.1. The van der Waals surface area contributed by atoms with Crippen LogP contribution in [0.5, 0.6) is 0 Å². The summed E-state index contributed by atoms with van der Waals surface area (Å²) in [6, 6.07) is 8.71. The summed E-state index contributed by atoms with van der Waals surface area (Å²) < 4.78 is 13.4. The summed E-state index contributed by atoms with van der Waals surface area (Å²) in [6.45, 7) is 1.21. The zero-order chi connectivity index (χ0) is 22.3. The number of amides is 2. The molecule has 0 unspecified atom stereocenters. The third kappa shape index (κ3) is 6.69. The number of halogens is 1. The van der Waals surface area contributed by atoms with Crippen molar-refractivity contribution in [2.45, 2.75) is 31.8 Å². The zero-order valence-electron chi connectivity index (χ0n) is 16.1. The number of carbonyl (C=O) groups excluding carboxylic acids is 2. The number of aromatic carboxylic acids is 1. The highest BCUT2D eigenvalue weighted by atomic mass is 19.1. The van der Waals surface area contributed by atoms with Gasteiger partial charge in [-0.1, -0.05) is 24.3 Å². The Bertz CT molecular complexity index is 945. The molecular weight excluding hydrogens is 395 g/mol. The van der Waals surface area contributed by atoms with E-state index < -0.39 is 41.7 Å². The number of hydrogen-bond donors (Lipinski definition) is 4. The molecule has 0 bridgehead atoms. The number of carbonyl (C=O) groups is 4. The molecule has 2 aromatic carbocycles. The molecule has 158 valence electrons. The number of carboxylic acid groups (broad SMARTS) is 2. The van der Waals surface area contributed by atoms with Gasteiger partial charge in [0, 0.05) is 19.8 Å². The van der Waals surface area contributed by atoms with Crippen LogP contribution in [0.4, 0.5) is 4.39 Å². The van der Waals surface area contributed by atoms with Gasteiger partial charge in [0.15, 0.2) is 0 Å². The van der Waals surface area contributed by atoms with E-state index in [9.17, 15) is 28.7 Å². The summed E-state index contributed by atoms with van der Waals surface area (Å²) in [6.07, 6.45) is -0.115. The summed E-state index contributed by atoms with van der Waals surface area (Å²) in [4.78, 5) is 46.7. The first-order chi connectivity index (χ1) is 14.2. The Morgan fingerprint density at radius 1 is 0.900 bits per heavy atom. The Morgan fingerprint density at radius 2 is 1.53 bits per heavy atom. The van der Waals surface area contributed by atoms with Crippen LogP contribution in [-0.2, 0) is 27.2 Å². The SMILES string of the molecule is CC(=O)N[C@H](Cc1cccc(F)c1)C(=O)N[C@H](Cc1ccc(C(=O)O)cc1)C(=O)O. The van der Waals surface area contributed by atoms with Gasteiger partial charge in [0.2, 0.25) is 11.8 Å². The normalized spacial score (nSPS) is 12.5. The van der Waals surface area contributed by atoms with Crippen LogP contribution in [0.2, 0.25) is 0 Å². The standard InChI is InChI=1S/C21H21FN2O6/c1-12(25)23-17(11-14-3-2-4-16(22)9-14)19(26)24-18(21(29)30)10-13-5-7-15(8-6-13)20(27)28/h2-9,17-18H,10-11H2,1H3,(H,23,25)(H,24,26)(H,27,28)(H,29,30)/t17-,18-/m1/s1. The minimum Gasteiger partial charge on any atom is -0.480 e. The first-order valence-electron chi connectivity index (χ1n) is 9.02. The summed E-state index contributed by atoms with van der Waals surface area (Å²) in [7, 11) is 0. The number of benzene rings is 2. The first kappa shape index (κ1) is 22.5. The number of aliphatic carboxylic acids is 1. The van der Waals surface area contributed by atoms with E-state index in [2.05, 4.69) is 10.6 Å². The first-order valence-corrected chi connectivity index (χ1v) is 9.02. The highest BCUT2D eigenvalue weighted by Gasteiger charge is 2.26. The molecule has 2 aromatic rings. The van der Waals surface area contributed by atoms with Gasteiger partial charge in [-0.3, -0.25) is 9.59 Å². The lowest BCUT2D eigenvalue weighted by atomic mass is 10.0. The summed E-state index contributed by atoms with van der Waals surface area (Å²) >= 11 is 0. The topological polar surface area (TPSA) is 133 Å². The van der Waals surface area contributed by atoms with Gasteiger partial charge < -0.3 is 20.8 Å². The Kier molecular flexibility index (Phi) is 7.62. The second kappa shape index (κ2) is 10.1.